The zero-order chi connectivity index (χ0) is 20.5. The first-order valence-corrected chi connectivity index (χ1v) is 8.65. The second-order valence-corrected chi connectivity index (χ2v) is 5.90. The Morgan fingerprint density at radius 2 is 1.75 bits per heavy atom. The lowest BCUT2D eigenvalue weighted by Gasteiger charge is -2.15. The molecule has 0 heterocycles. The van der Waals surface area contributed by atoms with Gasteiger partial charge in [-0.25, -0.2) is 4.39 Å². The zero-order valence-corrected chi connectivity index (χ0v) is 16.0. The van der Waals surface area contributed by atoms with Gasteiger partial charge in [-0.3, -0.25) is 20.4 Å². The van der Waals surface area contributed by atoms with Crippen LogP contribution in [-0.4, -0.2) is 32.1 Å². The van der Waals surface area contributed by atoms with Crippen LogP contribution in [0.4, 0.5) is 4.39 Å². The molecule has 2 N–H and O–H groups in total. The number of amides is 2. The number of rotatable bonds is 8. The Kier molecular flexibility index (Phi) is 7.62. The minimum atomic E-state index is -0.871. The Morgan fingerprint density at radius 3 is 2.39 bits per heavy atom. The minimum Gasteiger partial charge on any atom is -0.493 e. The SMILES string of the molecule is COc1cccc(CCC(=O)NNC(=O)[C@H](C)Oc2ccc(F)cc2)c1OC. The molecule has 0 aliphatic heterocycles. The molecule has 0 bridgehead atoms. The number of hydrazine groups is 1. The third kappa shape index (κ3) is 5.87. The molecule has 0 aromatic heterocycles. The van der Waals surface area contributed by atoms with Crippen molar-refractivity contribution in [3.05, 3.63) is 53.8 Å². The van der Waals surface area contributed by atoms with Gasteiger partial charge in [0, 0.05) is 6.42 Å². The topological polar surface area (TPSA) is 85.9 Å². The molecule has 0 saturated heterocycles. The van der Waals surface area contributed by atoms with E-state index in [0.29, 0.717) is 23.7 Å². The summed E-state index contributed by atoms with van der Waals surface area (Å²) < 4.78 is 28.8. The van der Waals surface area contributed by atoms with Crippen molar-refractivity contribution in [1.29, 1.82) is 0 Å². The van der Waals surface area contributed by atoms with Gasteiger partial charge in [-0.15, -0.1) is 0 Å². The minimum absolute atomic E-state index is 0.136. The number of ether oxygens (including phenoxy) is 3. The van der Waals surface area contributed by atoms with Gasteiger partial charge in [0.15, 0.2) is 17.6 Å². The van der Waals surface area contributed by atoms with Crippen LogP contribution in [-0.2, 0) is 16.0 Å². The van der Waals surface area contributed by atoms with E-state index in [2.05, 4.69) is 10.9 Å². The molecule has 28 heavy (non-hydrogen) atoms. The van der Waals surface area contributed by atoms with E-state index >= 15 is 0 Å². The highest BCUT2D eigenvalue weighted by molar-refractivity contribution is 5.84. The molecule has 0 aliphatic rings. The molecule has 2 aromatic rings. The average molecular weight is 390 g/mol. The number of methoxy groups -OCH3 is 2. The molecule has 0 unspecified atom stereocenters. The Bertz CT molecular complexity index is 811. The van der Waals surface area contributed by atoms with E-state index in [4.69, 9.17) is 14.2 Å². The Labute approximate surface area is 162 Å². The predicted octanol–water partition coefficient (Wildman–Crippen LogP) is 2.39. The van der Waals surface area contributed by atoms with Crippen LogP contribution < -0.4 is 25.1 Å². The smallest absolute Gasteiger partial charge is 0.279 e. The summed E-state index contributed by atoms with van der Waals surface area (Å²) in [6, 6.07) is 10.7. The van der Waals surface area contributed by atoms with E-state index in [1.165, 1.54) is 38.3 Å². The lowest BCUT2D eigenvalue weighted by molar-refractivity contribution is -0.132. The highest BCUT2D eigenvalue weighted by Gasteiger charge is 2.16. The van der Waals surface area contributed by atoms with Gasteiger partial charge in [-0.1, -0.05) is 12.1 Å². The summed E-state index contributed by atoms with van der Waals surface area (Å²) in [5.41, 5.74) is 5.47. The van der Waals surface area contributed by atoms with Crippen LogP contribution in [0.25, 0.3) is 0 Å². The van der Waals surface area contributed by atoms with Gasteiger partial charge in [0.2, 0.25) is 5.91 Å². The van der Waals surface area contributed by atoms with Crippen molar-refractivity contribution < 1.29 is 28.2 Å². The molecule has 0 spiro atoms. The van der Waals surface area contributed by atoms with E-state index in [9.17, 15) is 14.0 Å². The summed E-state index contributed by atoms with van der Waals surface area (Å²) in [5, 5.41) is 0. The molecule has 7 nitrogen and oxygen atoms in total. The van der Waals surface area contributed by atoms with Gasteiger partial charge in [0.1, 0.15) is 11.6 Å². The maximum Gasteiger partial charge on any atom is 0.279 e. The maximum atomic E-state index is 12.9. The van der Waals surface area contributed by atoms with Crippen molar-refractivity contribution >= 4 is 11.8 Å². The molecule has 0 aliphatic carbocycles. The van der Waals surface area contributed by atoms with E-state index < -0.39 is 17.8 Å². The number of hydrogen-bond donors (Lipinski definition) is 2. The molecule has 2 rings (SSSR count). The lowest BCUT2D eigenvalue weighted by Crippen LogP contribution is -2.47. The first-order chi connectivity index (χ1) is 13.4. The van der Waals surface area contributed by atoms with Gasteiger partial charge in [0.25, 0.3) is 5.91 Å². The summed E-state index contributed by atoms with van der Waals surface area (Å²) in [5.74, 6) is 0.206. The van der Waals surface area contributed by atoms with Crippen molar-refractivity contribution in [2.24, 2.45) is 0 Å². The molecule has 1 atom stereocenters. The fourth-order valence-electron chi connectivity index (χ4n) is 2.47. The molecule has 0 radical (unpaired) electrons. The summed E-state index contributed by atoms with van der Waals surface area (Å²) in [6.07, 6.45) is -0.329. The van der Waals surface area contributed by atoms with E-state index in [1.54, 1.807) is 13.2 Å². The van der Waals surface area contributed by atoms with Crippen LogP contribution in [0.3, 0.4) is 0 Å². The first-order valence-electron chi connectivity index (χ1n) is 8.65. The lowest BCUT2D eigenvalue weighted by atomic mass is 10.1. The molecule has 150 valence electrons. The van der Waals surface area contributed by atoms with Crippen LogP contribution in [0.2, 0.25) is 0 Å². The molecule has 8 heteroatoms. The van der Waals surface area contributed by atoms with Gasteiger partial charge in [-0.2, -0.15) is 0 Å². The predicted molar refractivity (Wildman–Crippen MR) is 101 cm³/mol. The van der Waals surface area contributed by atoms with E-state index in [1.807, 2.05) is 12.1 Å². The Morgan fingerprint density at radius 1 is 1.04 bits per heavy atom. The summed E-state index contributed by atoms with van der Waals surface area (Å²) in [7, 11) is 3.07. The van der Waals surface area contributed by atoms with Gasteiger partial charge < -0.3 is 14.2 Å². The average Bonchev–Trinajstić information content (AvgIpc) is 2.71. The van der Waals surface area contributed by atoms with Crippen molar-refractivity contribution in [2.45, 2.75) is 25.9 Å². The van der Waals surface area contributed by atoms with Crippen LogP contribution in [0.1, 0.15) is 18.9 Å². The third-order valence-electron chi connectivity index (χ3n) is 3.93. The first kappa shape index (κ1) is 21.0. The fraction of sp³-hybridized carbons (Fsp3) is 0.300. The summed E-state index contributed by atoms with van der Waals surface area (Å²) >= 11 is 0. The van der Waals surface area contributed by atoms with Crippen molar-refractivity contribution in [1.82, 2.24) is 10.9 Å². The second kappa shape index (κ2) is 10.1. The van der Waals surface area contributed by atoms with Crippen molar-refractivity contribution in [2.75, 3.05) is 14.2 Å². The Hall–Kier alpha value is -3.29. The number of carbonyl (C=O) groups excluding carboxylic acids is 2. The number of carbonyl (C=O) groups is 2. The van der Waals surface area contributed by atoms with E-state index in [-0.39, 0.29) is 12.3 Å². The molecule has 2 aromatic carbocycles. The van der Waals surface area contributed by atoms with Crippen LogP contribution in [0, 0.1) is 5.82 Å². The summed E-state index contributed by atoms with van der Waals surface area (Å²) in [6.45, 7) is 1.52. The van der Waals surface area contributed by atoms with Crippen molar-refractivity contribution in [3.63, 3.8) is 0 Å². The highest BCUT2D eigenvalue weighted by Crippen LogP contribution is 2.31. The van der Waals surface area contributed by atoms with Gasteiger partial charge in [0.05, 0.1) is 14.2 Å². The molecule has 0 fully saturated rings. The Balaban J connectivity index is 1.80. The zero-order valence-electron chi connectivity index (χ0n) is 16.0. The molecule has 0 saturated carbocycles. The number of aryl methyl sites for hydroxylation is 1. The fourth-order valence-corrected chi connectivity index (χ4v) is 2.47. The molecular formula is C20H23FN2O5. The number of halogens is 1. The van der Waals surface area contributed by atoms with Gasteiger partial charge in [-0.05, 0) is 49.2 Å². The maximum absolute atomic E-state index is 12.9. The summed E-state index contributed by atoms with van der Waals surface area (Å²) in [4.78, 5) is 24.0. The number of nitrogens with one attached hydrogen (secondary N) is 2. The number of benzene rings is 2. The van der Waals surface area contributed by atoms with E-state index in [0.717, 1.165) is 5.56 Å². The number of para-hydroxylation sites is 1. The van der Waals surface area contributed by atoms with Crippen LogP contribution >= 0.6 is 0 Å². The van der Waals surface area contributed by atoms with Crippen LogP contribution in [0.15, 0.2) is 42.5 Å². The largest absolute Gasteiger partial charge is 0.493 e. The normalized spacial score (nSPS) is 11.3. The highest BCUT2D eigenvalue weighted by atomic mass is 19.1. The van der Waals surface area contributed by atoms with Gasteiger partial charge >= 0.3 is 0 Å². The van der Waals surface area contributed by atoms with Crippen LogP contribution in [0.5, 0.6) is 17.2 Å². The molecular weight excluding hydrogens is 367 g/mol. The second-order valence-electron chi connectivity index (χ2n) is 5.90. The third-order valence-corrected chi connectivity index (χ3v) is 3.93. The standard InChI is InChI=1S/C20H23FN2O5/c1-13(28-16-10-8-15(21)9-11-16)20(25)23-22-18(24)12-7-14-5-4-6-17(26-2)19(14)27-3/h4-6,8-11,13H,7,12H2,1-3H3,(H,22,24)(H,23,25)/t13-/m0/s1. The quantitative estimate of drug-likeness (QED) is 0.676. The van der Waals surface area contributed by atoms with Crippen molar-refractivity contribution in [3.8, 4) is 17.2 Å². The monoisotopic (exact) mass is 390 g/mol. The number of hydrogen-bond acceptors (Lipinski definition) is 5. The molecule has 2 amide bonds.